The van der Waals surface area contributed by atoms with Gasteiger partial charge in [-0.25, -0.2) is 4.98 Å². The van der Waals surface area contributed by atoms with E-state index in [-0.39, 0.29) is 47.1 Å². The Balaban J connectivity index is 0.00000106. The maximum absolute atomic E-state index is 12.8. The molecule has 32 nitrogen and oxygen atoms in total. The number of carbonyl (C=O) groups excluding carboxylic acids is 2. The Bertz CT molecular complexity index is 4190. The minimum absolute atomic E-state index is 0.0589. The molecule has 77 heavy (non-hydrogen) atoms. The molecule has 0 fully saturated rings. The lowest BCUT2D eigenvalue weighted by atomic mass is 10.1. The van der Waals surface area contributed by atoms with Crippen molar-refractivity contribution in [2.24, 2.45) is 30.7 Å². The van der Waals surface area contributed by atoms with Crippen molar-refractivity contribution < 1.29 is 102 Å². The maximum Gasteiger partial charge on any atom is 0.425 e. The van der Waals surface area contributed by atoms with Gasteiger partial charge in [-0.3, -0.25) is 18.2 Å². The normalized spacial score (nSPS) is 11.9. The van der Waals surface area contributed by atoms with E-state index in [1.165, 1.54) is 35.6 Å². The molecule has 0 aliphatic carbocycles. The molecule has 7 aromatic rings. The average Bonchev–Trinajstić information content (AvgIpc) is 3.89. The number of aryl methyl sites for hydroxylation is 2. The molecule has 2 heterocycles. The summed E-state index contributed by atoms with van der Waals surface area (Å²) in [5.41, 5.74) is 1.03. The molecular formula is C38H31N9O23S7. The fourth-order valence-electron chi connectivity index (χ4n) is 6.10. The molecule has 0 saturated carbocycles. The lowest BCUT2D eigenvalue weighted by molar-refractivity contribution is -0.191. The maximum atomic E-state index is 12.8. The van der Waals surface area contributed by atoms with Crippen molar-refractivity contribution in [2.75, 3.05) is 12.4 Å². The molecule has 7 rings (SSSR count). The van der Waals surface area contributed by atoms with Crippen molar-refractivity contribution in [1.29, 1.82) is 0 Å². The highest BCUT2D eigenvalue weighted by Crippen LogP contribution is 2.44. The van der Waals surface area contributed by atoms with Gasteiger partial charge in [-0.05, 0) is 86.0 Å². The zero-order valence-corrected chi connectivity index (χ0v) is 43.8. The topological polar surface area (TPSA) is 509 Å². The Morgan fingerprint density at radius 2 is 1.17 bits per heavy atom. The van der Waals surface area contributed by atoms with Crippen LogP contribution in [0.2, 0.25) is 0 Å². The van der Waals surface area contributed by atoms with Gasteiger partial charge in [0, 0.05) is 16.8 Å². The highest BCUT2D eigenvalue weighted by molar-refractivity contribution is 7.87. The van der Waals surface area contributed by atoms with E-state index in [9.17, 15) is 62.1 Å². The van der Waals surface area contributed by atoms with Crippen LogP contribution in [-0.4, -0.2) is 121 Å². The van der Waals surface area contributed by atoms with Crippen LogP contribution in [0.25, 0.3) is 26.7 Å². The number of phenols is 1. The number of phenolic OH excluding ortho intramolecular Hbond substituents is 1. The highest BCUT2D eigenvalue weighted by Gasteiger charge is 2.24. The number of aromatic hydroxyl groups is 2. The van der Waals surface area contributed by atoms with E-state index >= 15 is 0 Å². The fourth-order valence-corrected chi connectivity index (χ4v) is 9.46. The Morgan fingerprint density at radius 3 is 1.74 bits per heavy atom. The minimum atomic E-state index is -5.15. The van der Waals surface area contributed by atoms with E-state index in [0.717, 1.165) is 34.1 Å². The number of hydrogen-bond donors (Lipinski definition) is 6. The van der Waals surface area contributed by atoms with E-state index in [4.69, 9.17) is 39.6 Å². The Labute approximate surface area is 438 Å². The van der Waals surface area contributed by atoms with E-state index in [2.05, 4.69) is 40.8 Å². The van der Waals surface area contributed by atoms with Gasteiger partial charge in [-0.2, -0.15) is 53.0 Å². The quantitative estimate of drug-likeness (QED) is 0.0406. The van der Waals surface area contributed by atoms with Gasteiger partial charge in [0.1, 0.15) is 27.7 Å². The van der Waals surface area contributed by atoms with Crippen LogP contribution >= 0.6 is 11.3 Å². The molecule has 0 radical (unpaired) electrons. The van der Waals surface area contributed by atoms with Gasteiger partial charge in [0.15, 0.2) is 11.4 Å². The summed E-state index contributed by atoms with van der Waals surface area (Å²) in [6.45, 7) is 3.45. The van der Waals surface area contributed by atoms with Crippen LogP contribution in [0.1, 0.15) is 17.5 Å². The summed E-state index contributed by atoms with van der Waals surface area (Å²) in [6.07, 6.45) is 0.997. The standard InChI is InChI=1S/C37H31N9O15S5.CO2.2O3S/c1-19-4-7-26-33(12-19)62-37(39-26)45-42-29-17-32(61-10-3-11-63(49,50)51)30(13-20(29)2)43-40-27-8-6-25-24(34(27)47)5-9-28(35(25)66(58,59)60)41-44-31-18-38-46(36(31)48)21-14-22(64(52,53)54)16-23(15-21)65(55,56)57;2-1-3;2*1-4(2)3/h4-9,12-18,47-48H,3,10-11H2,1-2H3,(H,49,50,51)(H,52,53,54)(H,55,56,57)(H,58,59,60);;;. The summed E-state index contributed by atoms with van der Waals surface area (Å²) < 4.78 is 192. The predicted octanol–water partition coefficient (Wildman–Crippen LogP) is 5.71. The monoisotopic (exact) mass is 1200 g/mol. The van der Waals surface area contributed by atoms with Gasteiger partial charge in [0.05, 0.1) is 49.9 Å². The Morgan fingerprint density at radius 1 is 0.636 bits per heavy atom. The van der Waals surface area contributed by atoms with Crippen LogP contribution < -0.4 is 4.74 Å². The van der Waals surface area contributed by atoms with E-state index in [1.54, 1.807) is 6.92 Å². The second-order valence-corrected chi connectivity index (χ2v) is 22.0. The molecule has 5 aromatic carbocycles. The number of nitrogens with zero attached hydrogens (tertiary/aromatic N) is 9. The van der Waals surface area contributed by atoms with Gasteiger partial charge >= 0.3 is 27.4 Å². The summed E-state index contributed by atoms with van der Waals surface area (Å²) >= 11 is 1.33. The molecule has 408 valence electrons. The number of fused-ring (bicyclic) bond motifs is 2. The van der Waals surface area contributed by atoms with Crippen molar-refractivity contribution in [3.63, 3.8) is 0 Å². The first kappa shape index (κ1) is 61.5. The molecule has 0 aliphatic heterocycles. The zero-order chi connectivity index (χ0) is 57.8. The van der Waals surface area contributed by atoms with Gasteiger partial charge in [0.25, 0.3) is 40.5 Å². The number of hydrogen-bond acceptors (Lipinski definition) is 28. The smallest absolute Gasteiger partial charge is 0.425 e. The second-order valence-electron chi connectivity index (χ2n) is 14.4. The number of aromatic nitrogens is 3. The molecule has 0 aliphatic rings. The highest BCUT2D eigenvalue weighted by atomic mass is 32.2. The number of rotatable bonds is 15. The summed E-state index contributed by atoms with van der Waals surface area (Å²) in [6, 6.07) is 15.2. The van der Waals surface area contributed by atoms with Crippen LogP contribution in [0.4, 0.5) is 33.6 Å². The predicted molar refractivity (Wildman–Crippen MR) is 259 cm³/mol. The molecule has 0 spiro atoms. The second kappa shape index (κ2) is 25.6. The molecule has 39 heteroatoms. The first-order valence-electron chi connectivity index (χ1n) is 19.8. The summed E-state index contributed by atoms with van der Waals surface area (Å²) in [7, 11) is -25.7. The molecule has 0 bridgehead atoms. The molecule has 0 amide bonds. The third-order valence-electron chi connectivity index (χ3n) is 9.16. The molecule has 0 saturated heterocycles. The van der Waals surface area contributed by atoms with Crippen molar-refractivity contribution in [3.8, 4) is 23.1 Å². The summed E-state index contributed by atoms with van der Waals surface area (Å²) in [5.74, 6) is -2.05. The van der Waals surface area contributed by atoms with Gasteiger partial charge in [-0.15, -0.1) is 55.9 Å². The van der Waals surface area contributed by atoms with Gasteiger partial charge < -0.3 is 14.9 Å². The fraction of sp³-hybridized carbons (Fsp3) is 0.132. The zero-order valence-electron chi connectivity index (χ0n) is 38.1. The lowest BCUT2D eigenvalue weighted by Crippen LogP contribution is -2.08. The van der Waals surface area contributed by atoms with Crippen LogP contribution in [0.15, 0.2) is 124 Å². The summed E-state index contributed by atoms with van der Waals surface area (Å²) in [4.78, 5) is 17.9. The van der Waals surface area contributed by atoms with Gasteiger partial charge in [0.2, 0.25) is 11.0 Å². The Kier molecular flexibility index (Phi) is 20.5. The Hall–Kier alpha value is -8.08. The minimum Gasteiger partial charge on any atom is -0.505 e. The van der Waals surface area contributed by atoms with Crippen molar-refractivity contribution in [2.45, 2.75) is 35.0 Å². The van der Waals surface area contributed by atoms with Crippen LogP contribution in [-0.2, 0) is 71.3 Å². The molecule has 6 N–H and O–H groups in total. The van der Waals surface area contributed by atoms with Crippen LogP contribution in [0.5, 0.6) is 17.4 Å². The molecule has 2 aromatic heterocycles. The lowest BCUT2D eigenvalue weighted by Gasteiger charge is -2.11. The first-order chi connectivity index (χ1) is 35.7. The van der Waals surface area contributed by atoms with E-state index in [0.29, 0.717) is 39.3 Å². The van der Waals surface area contributed by atoms with Crippen molar-refractivity contribution >= 4 is 134 Å². The number of ether oxygens (including phenoxy) is 1. The third kappa shape index (κ3) is 17.8. The van der Waals surface area contributed by atoms with Crippen LogP contribution in [0, 0.1) is 13.8 Å². The first-order valence-corrected chi connectivity index (χ1v) is 28.5. The number of azo groups is 3. The number of benzene rings is 5. The largest absolute Gasteiger partial charge is 0.505 e. The summed E-state index contributed by atoms with van der Waals surface area (Å²) in [5, 5.41) is 50.4. The van der Waals surface area contributed by atoms with E-state index < -0.39 is 111 Å². The van der Waals surface area contributed by atoms with Gasteiger partial charge in [-0.1, -0.05) is 23.5 Å². The van der Waals surface area contributed by atoms with Crippen LogP contribution in [0.3, 0.4) is 0 Å². The molecule has 0 unspecified atom stereocenters. The SMILES string of the molecule is Cc1ccc2nc(N=Nc3cc(OCCCS(=O)(=O)O)c(N=Nc4ccc5c(S(=O)(=O)O)c(N=Nc6cnn(-c7cc(S(=O)(=O)O)cc(S(=O)(=O)O)c7)c6O)ccc5c4O)cc3C)sc2c1.O=C=O.O=S(=O)=O.O=S(=O)=O. The molecule has 0 atom stereocenters. The van der Waals surface area contributed by atoms with E-state index in [1.807, 2.05) is 25.1 Å². The van der Waals surface area contributed by atoms with Crippen molar-refractivity contribution in [1.82, 2.24) is 14.8 Å². The number of thiazole rings is 1. The van der Waals surface area contributed by atoms with Crippen molar-refractivity contribution in [3.05, 3.63) is 90.1 Å². The average molecular weight is 1210 g/mol. The third-order valence-corrected chi connectivity index (χ3v) is 13.5. The molecular weight excluding hydrogens is 1170 g/mol.